The topological polar surface area (TPSA) is 70.2 Å². The Morgan fingerprint density at radius 2 is 1.84 bits per heavy atom. The van der Waals surface area contributed by atoms with Gasteiger partial charge in [0.05, 0.1) is 34.6 Å². The largest absolute Gasteiger partial charge is 0.496 e. The molecule has 2 heterocycles. The predicted molar refractivity (Wildman–Crippen MR) is 128 cm³/mol. The van der Waals surface area contributed by atoms with Gasteiger partial charge in [-0.2, -0.15) is 0 Å². The fraction of sp³-hybridized carbons (Fsp3) is 0.435. The van der Waals surface area contributed by atoms with Gasteiger partial charge in [0.1, 0.15) is 5.75 Å². The second kappa shape index (κ2) is 9.03. The first-order valence-electron chi connectivity index (χ1n) is 10.6. The summed E-state index contributed by atoms with van der Waals surface area (Å²) >= 11 is 3.37. The molecule has 0 N–H and O–H groups in total. The lowest BCUT2D eigenvalue weighted by atomic mass is 9.97. The van der Waals surface area contributed by atoms with Gasteiger partial charge in [-0.25, -0.2) is 8.42 Å². The minimum absolute atomic E-state index is 0.0272. The summed E-state index contributed by atoms with van der Waals surface area (Å²) in [6, 6.07) is 12.2. The summed E-state index contributed by atoms with van der Waals surface area (Å²) in [6.07, 6.45) is 1.85. The Bertz CT molecular complexity index is 1120. The molecule has 4 rings (SSSR count). The number of benzene rings is 2. The maximum Gasteiger partial charge on any atom is 0.264 e. The maximum absolute atomic E-state index is 13.6. The molecule has 32 heavy (non-hydrogen) atoms. The number of hydrogen-bond acceptors (Lipinski definition) is 5. The molecular weight excluding hydrogens is 494 g/mol. The van der Waals surface area contributed by atoms with E-state index >= 15 is 0 Å². The summed E-state index contributed by atoms with van der Waals surface area (Å²) in [5.41, 5.74) is 1.32. The Morgan fingerprint density at radius 1 is 1.16 bits per heavy atom. The number of ether oxygens (including phenoxy) is 1. The molecule has 7 nitrogen and oxygen atoms in total. The number of halogens is 1. The monoisotopic (exact) mass is 521 g/mol. The van der Waals surface area contributed by atoms with Crippen LogP contribution < -0.4 is 9.04 Å². The van der Waals surface area contributed by atoms with Crippen LogP contribution in [0.5, 0.6) is 5.75 Å². The summed E-state index contributed by atoms with van der Waals surface area (Å²) in [7, 11) is 1.61. The minimum atomic E-state index is -3.85. The highest BCUT2D eigenvalue weighted by molar-refractivity contribution is 9.10. The van der Waals surface area contributed by atoms with Gasteiger partial charge >= 0.3 is 0 Å². The molecule has 0 aromatic heterocycles. The fourth-order valence-corrected chi connectivity index (χ4v) is 6.78. The number of para-hydroxylation sites is 1. The summed E-state index contributed by atoms with van der Waals surface area (Å²) in [4.78, 5) is 17.7. The van der Waals surface area contributed by atoms with Gasteiger partial charge in [0.2, 0.25) is 5.91 Å². The number of methoxy groups -OCH3 is 1. The molecule has 0 radical (unpaired) electrons. The molecule has 0 saturated carbocycles. The van der Waals surface area contributed by atoms with Crippen molar-refractivity contribution in [1.29, 1.82) is 0 Å². The lowest BCUT2D eigenvalue weighted by molar-refractivity contribution is -0.134. The van der Waals surface area contributed by atoms with Crippen molar-refractivity contribution in [2.45, 2.75) is 29.7 Å². The number of carbonyl (C=O) groups is 1. The molecule has 172 valence electrons. The van der Waals surface area contributed by atoms with Crippen LogP contribution in [0.25, 0.3) is 0 Å². The van der Waals surface area contributed by atoms with Gasteiger partial charge in [-0.3, -0.25) is 9.10 Å². The first kappa shape index (κ1) is 23.1. The highest BCUT2D eigenvalue weighted by Crippen LogP contribution is 2.41. The average Bonchev–Trinajstić information content (AvgIpc) is 3.19. The fourth-order valence-electron chi connectivity index (χ4n) is 4.55. The Morgan fingerprint density at radius 3 is 2.50 bits per heavy atom. The molecule has 2 aliphatic heterocycles. The first-order valence-corrected chi connectivity index (χ1v) is 12.9. The van der Waals surface area contributed by atoms with Crippen LogP contribution in [0.1, 0.15) is 24.3 Å². The standard InChI is InChI=1S/C23H28BrN3O4S/c1-25-12-10-16(11-13-25)26(2)23(28)19-15-27(21-7-5-4-6-18(19)21)32(29,30)17-8-9-22(31-3)20(24)14-17/h4-9,14,16,19H,10-13,15H2,1-3H3. The number of amides is 1. The van der Waals surface area contributed by atoms with Gasteiger partial charge in [-0.1, -0.05) is 18.2 Å². The van der Waals surface area contributed by atoms with Crippen molar-refractivity contribution in [2.75, 3.05) is 45.1 Å². The Labute approximate surface area is 198 Å². The van der Waals surface area contributed by atoms with Crippen molar-refractivity contribution < 1.29 is 17.9 Å². The maximum atomic E-state index is 13.6. The van der Waals surface area contributed by atoms with E-state index < -0.39 is 15.9 Å². The third-order valence-corrected chi connectivity index (χ3v) is 8.92. The molecule has 1 saturated heterocycles. The summed E-state index contributed by atoms with van der Waals surface area (Å²) in [6.45, 7) is 2.01. The van der Waals surface area contributed by atoms with Crippen molar-refractivity contribution in [3.63, 3.8) is 0 Å². The average molecular weight is 522 g/mol. The second-order valence-corrected chi connectivity index (χ2v) is 11.1. The number of sulfonamides is 1. The molecule has 1 atom stereocenters. The van der Waals surface area contributed by atoms with E-state index in [1.807, 2.05) is 24.1 Å². The van der Waals surface area contributed by atoms with E-state index in [0.717, 1.165) is 31.5 Å². The van der Waals surface area contributed by atoms with Crippen molar-refractivity contribution >= 4 is 37.5 Å². The summed E-state index contributed by atoms with van der Waals surface area (Å²) in [5.74, 6) is 0.00603. The molecule has 0 bridgehead atoms. The number of piperidine rings is 1. The highest BCUT2D eigenvalue weighted by Gasteiger charge is 2.41. The molecule has 2 aliphatic rings. The molecular formula is C23H28BrN3O4S. The second-order valence-electron chi connectivity index (χ2n) is 8.43. The number of carbonyl (C=O) groups excluding carboxylic acids is 1. The first-order chi connectivity index (χ1) is 15.2. The number of anilines is 1. The molecule has 2 aromatic rings. The zero-order valence-corrected chi connectivity index (χ0v) is 20.9. The Balaban J connectivity index is 1.63. The summed E-state index contributed by atoms with van der Waals surface area (Å²) in [5, 5.41) is 0. The summed E-state index contributed by atoms with van der Waals surface area (Å²) < 4.78 is 34.3. The van der Waals surface area contributed by atoms with Crippen LogP contribution >= 0.6 is 15.9 Å². The van der Waals surface area contributed by atoms with E-state index in [-0.39, 0.29) is 23.4 Å². The number of hydrogen-bond donors (Lipinski definition) is 0. The quantitative estimate of drug-likeness (QED) is 0.603. The van der Waals surface area contributed by atoms with Crippen molar-refractivity contribution in [1.82, 2.24) is 9.80 Å². The lowest BCUT2D eigenvalue weighted by Gasteiger charge is -2.36. The van der Waals surface area contributed by atoms with E-state index in [2.05, 4.69) is 27.9 Å². The van der Waals surface area contributed by atoms with Gasteiger partial charge in [-0.15, -0.1) is 0 Å². The van der Waals surface area contributed by atoms with Crippen molar-refractivity contribution in [2.24, 2.45) is 0 Å². The van der Waals surface area contributed by atoms with Crippen LogP contribution in [0.2, 0.25) is 0 Å². The minimum Gasteiger partial charge on any atom is -0.496 e. The molecule has 9 heteroatoms. The molecule has 1 fully saturated rings. The van der Waals surface area contributed by atoms with Gasteiger partial charge in [0.25, 0.3) is 10.0 Å². The van der Waals surface area contributed by atoms with Gasteiger partial charge in [0, 0.05) is 13.1 Å². The Kier molecular flexibility index (Phi) is 6.51. The van der Waals surface area contributed by atoms with Crippen molar-refractivity contribution in [3.8, 4) is 5.75 Å². The predicted octanol–water partition coefficient (Wildman–Crippen LogP) is 3.30. The SMILES string of the molecule is COc1ccc(S(=O)(=O)N2CC(C(=O)N(C)C3CCN(C)CC3)c3ccccc32)cc1Br. The van der Waals surface area contributed by atoms with E-state index in [9.17, 15) is 13.2 Å². The van der Waals surface area contributed by atoms with Crippen LogP contribution in [0.15, 0.2) is 51.8 Å². The number of fused-ring (bicyclic) bond motifs is 1. The molecule has 0 aliphatic carbocycles. The smallest absolute Gasteiger partial charge is 0.264 e. The van der Waals surface area contributed by atoms with E-state index in [1.165, 1.54) is 23.5 Å². The Hall–Kier alpha value is -2.10. The normalized spacial score (nSPS) is 19.6. The third-order valence-electron chi connectivity index (χ3n) is 6.52. The lowest BCUT2D eigenvalue weighted by Crippen LogP contribution is -2.46. The van der Waals surface area contributed by atoms with Gasteiger partial charge in [0.15, 0.2) is 0 Å². The molecule has 1 unspecified atom stereocenters. The van der Waals surface area contributed by atoms with E-state index in [1.54, 1.807) is 18.2 Å². The van der Waals surface area contributed by atoms with E-state index in [0.29, 0.717) is 15.9 Å². The van der Waals surface area contributed by atoms with Crippen LogP contribution in [-0.4, -0.2) is 71.0 Å². The number of likely N-dealkylation sites (N-methyl/N-ethyl adjacent to an activating group) is 1. The molecule has 1 amide bonds. The number of rotatable bonds is 5. The van der Waals surface area contributed by atoms with Gasteiger partial charge in [-0.05, 0) is 78.7 Å². The zero-order chi connectivity index (χ0) is 23.0. The van der Waals surface area contributed by atoms with Crippen LogP contribution in [0, 0.1) is 0 Å². The third kappa shape index (κ3) is 4.13. The highest BCUT2D eigenvalue weighted by atomic mass is 79.9. The van der Waals surface area contributed by atoms with Gasteiger partial charge < -0.3 is 14.5 Å². The van der Waals surface area contributed by atoms with E-state index in [4.69, 9.17) is 4.74 Å². The number of nitrogens with zero attached hydrogens (tertiary/aromatic N) is 3. The van der Waals surface area contributed by atoms with Crippen molar-refractivity contribution in [3.05, 3.63) is 52.5 Å². The van der Waals surface area contributed by atoms with Crippen LogP contribution in [-0.2, 0) is 14.8 Å². The van der Waals surface area contributed by atoms with Crippen LogP contribution in [0.3, 0.4) is 0 Å². The zero-order valence-electron chi connectivity index (χ0n) is 18.5. The van der Waals surface area contributed by atoms with Crippen LogP contribution in [0.4, 0.5) is 5.69 Å². The molecule has 0 spiro atoms. The molecule has 2 aromatic carbocycles. The number of likely N-dealkylation sites (tertiary alicyclic amines) is 1.